The van der Waals surface area contributed by atoms with E-state index in [1.54, 1.807) is 6.92 Å². The maximum absolute atomic E-state index is 12.8. The van der Waals surface area contributed by atoms with Crippen LogP contribution in [-0.2, 0) is 41.8 Å². The average molecular weight is 850 g/mol. The molecule has 17 nitrogen and oxygen atoms in total. The van der Waals surface area contributed by atoms with Gasteiger partial charge in [0.25, 0.3) is 0 Å². The number of hydrogen-bond acceptors (Lipinski definition) is 14. The Hall–Kier alpha value is -3.24. The molecule has 1 aliphatic rings. The summed E-state index contributed by atoms with van der Waals surface area (Å²) < 4.78 is 48.2. The molecule has 332 valence electrons. The van der Waals surface area contributed by atoms with Gasteiger partial charge in [0, 0.05) is 25.2 Å². The molecule has 0 aromatic carbocycles. The average Bonchev–Trinajstić information content (AvgIpc) is 3.13. The highest BCUT2D eigenvalue weighted by molar-refractivity contribution is 7.47. The minimum atomic E-state index is -5.33. The smallest absolute Gasteiger partial charge is 0.456 e. The van der Waals surface area contributed by atoms with E-state index in [1.165, 1.54) is 44.9 Å². The first-order chi connectivity index (χ1) is 26.1. The minimum absolute atomic E-state index is 0. The Balaban J connectivity index is -0.000000378. The largest absolute Gasteiger partial charge is 0.472 e. The molecule has 0 aliphatic heterocycles. The molecule has 0 bridgehead atoms. The molecule has 0 spiro atoms. The van der Waals surface area contributed by atoms with Gasteiger partial charge in [0.05, 0.1) is 6.61 Å². The summed E-state index contributed by atoms with van der Waals surface area (Å²) in [5.74, 6) is 21.8. The molecule has 4 unspecified atom stereocenters. The molecule has 0 radical (unpaired) electrons. The molecule has 1 aliphatic carbocycles. The maximum Gasteiger partial charge on any atom is 0.472 e. The van der Waals surface area contributed by atoms with Crippen molar-refractivity contribution in [1.82, 2.24) is 6.15 Å². The van der Waals surface area contributed by atoms with E-state index < -0.39 is 83.5 Å². The fourth-order valence-electron chi connectivity index (χ4n) is 5.14. The van der Waals surface area contributed by atoms with E-state index in [1.807, 2.05) is 0 Å². The monoisotopic (exact) mass is 849 g/mol. The first-order valence-electron chi connectivity index (χ1n) is 18.0. The van der Waals surface area contributed by atoms with Gasteiger partial charge in [-0.2, -0.15) is 0 Å². The number of phosphoric ester groups is 2. The molecule has 1 saturated carbocycles. The van der Waals surface area contributed by atoms with Crippen molar-refractivity contribution in [3.8, 4) is 59.2 Å². The van der Waals surface area contributed by atoms with Crippen LogP contribution in [0.15, 0.2) is 0 Å². The van der Waals surface area contributed by atoms with Crippen molar-refractivity contribution in [2.45, 2.75) is 146 Å². The van der Waals surface area contributed by atoms with Crippen molar-refractivity contribution >= 4 is 27.6 Å². The third-order valence-electron chi connectivity index (χ3n) is 7.89. The Labute approximate surface area is 342 Å². The van der Waals surface area contributed by atoms with E-state index in [4.69, 9.17) is 28.3 Å². The zero-order chi connectivity index (χ0) is 41.1. The van der Waals surface area contributed by atoms with Crippen LogP contribution in [0.2, 0.25) is 0 Å². The number of aliphatic hydroxyl groups is 4. The number of aliphatic hydroxyl groups excluding tert-OH is 4. The van der Waals surface area contributed by atoms with Crippen molar-refractivity contribution in [3.05, 3.63) is 0 Å². The Bertz CT molecular complexity index is 1630. The maximum atomic E-state index is 12.8. The lowest BCUT2D eigenvalue weighted by Crippen LogP contribution is -2.64. The standard InChI is InChI=1S/C37H52O16P2.H3N.9H2/c1-3-5-7-9-11-13-14-15-16-18-20-22-24-26-31(39)51-29(27-49-30(38)25-23-21-19-17-12-10-8-6-4-2)28-50-55(47,48)53-37-34(42)32(40)36(33(41)35(37)43)52-54(44,45)46;;;;;;;;;;/h29,32-37,40-43H,3,5,7,9,11,13-16,18,20,22,24,26-28H2,1-2H3,(H,47,48)(H2,44,45,46);1H3;9*1H/t29-,32-,33+,34?,35-,36?,37?;;;;;;;;;;/m1........../s1. The van der Waals surface area contributed by atoms with E-state index in [-0.39, 0.29) is 25.4 Å². The van der Waals surface area contributed by atoms with Gasteiger partial charge in [-0.3, -0.25) is 18.4 Å². The van der Waals surface area contributed by atoms with Crippen LogP contribution in [0.4, 0.5) is 0 Å². The SMILES string of the molecule is CC#CC#CC#CC#CC#CC(=O)OC[C@H](COP(=O)(O)OC1C(O)[C@@H](O)C(OP(=O)(O)O)[C@@H](O)[C@H]1O)OC(=O)CCCCCCCCCCCCCCC.N.[HH].[HH].[HH].[HH].[HH].[HH].[HH].[HH].[HH]. The first-order valence-corrected chi connectivity index (χ1v) is 21.0. The summed E-state index contributed by atoms with van der Waals surface area (Å²) in [6, 6.07) is 0. The second-order valence-electron chi connectivity index (χ2n) is 12.4. The molecule has 10 N–H and O–H groups in total. The number of carbonyl (C=O) groups excluding carboxylic acids is 2. The number of rotatable bonds is 24. The van der Waals surface area contributed by atoms with Crippen molar-refractivity contribution in [2.75, 3.05) is 13.2 Å². The van der Waals surface area contributed by atoms with Crippen molar-refractivity contribution < 1.29 is 89.7 Å². The van der Waals surface area contributed by atoms with Gasteiger partial charge in [0.2, 0.25) is 0 Å². The minimum Gasteiger partial charge on any atom is -0.456 e. The zero-order valence-corrected chi connectivity index (χ0v) is 33.6. The lowest BCUT2D eigenvalue weighted by atomic mass is 9.85. The van der Waals surface area contributed by atoms with Crippen LogP contribution in [0, 0.1) is 59.2 Å². The number of phosphoric acid groups is 2. The summed E-state index contributed by atoms with van der Waals surface area (Å²) in [6.07, 6.45) is -0.915. The van der Waals surface area contributed by atoms with Crippen LogP contribution >= 0.6 is 15.6 Å². The van der Waals surface area contributed by atoms with Crippen LogP contribution in [0.25, 0.3) is 0 Å². The molecule has 8 atom stereocenters. The molecule has 19 heteroatoms. The highest BCUT2D eigenvalue weighted by Gasteiger charge is 2.54. The molecule has 1 fully saturated rings. The van der Waals surface area contributed by atoms with Crippen LogP contribution in [0.5, 0.6) is 0 Å². The van der Waals surface area contributed by atoms with Gasteiger partial charge < -0.3 is 50.7 Å². The number of carbonyl (C=O) groups is 2. The van der Waals surface area contributed by atoms with Crippen LogP contribution < -0.4 is 6.15 Å². The molecule has 1 rings (SSSR count). The predicted octanol–water partition coefficient (Wildman–Crippen LogP) is 4.77. The van der Waals surface area contributed by atoms with E-state index in [9.17, 15) is 44.0 Å². The molecule has 0 heterocycles. The van der Waals surface area contributed by atoms with Crippen molar-refractivity contribution in [1.29, 1.82) is 0 Å². The Morgan fingerprint density at radius 1 is 0.643 bits per heavy atom. The fraction of sp³-hybridized carbons (Fsp3) is 0.676. The fourth-order valence-corrected chi connectivity index (χ4v) is 6.68. The molecular weight excluding hydrogens is 776 g/mol. The number of ether oxygens (including phenoxy) is 2. The van der Waals surface area contributed by atoms with E-state index in [0.29, 0.717) is 6.42 Å². The highest BCUT2D eigenvalue weighted by atomic mass is 31.2. The van der Waals surface area contributed by atoms with E-state index in [0.717, 1.165) is 32.1 Å². The van der Waals surface area contributed by atoms with Gasteiger partial charge in [0.1, 0.15) is 43.2 Å². The lowest BCUT2D eigenvalue weighted by Gasteiger charge is -2.43. The summed E-state index contributed by atoms with van der Waals surface area (Å²) in [7, 11) is -10.7. The Morgan fingerprint density at radius 2 is 1.07 bits per heavy atom. The number of esters is 2. The summed E-state index contributed by atoms with van der Waals surface area (Å²) in [5, 5.41) is 41.1. The molecule has 56 heavy (non-hydrogen) atoms. The second-order valence-corrected chi connectivity index (χ2v) is 15.0. The quantitative estimate of drug-likeness (QED) is 0.0213. The topological polar surface area (TPSA) is 291 Å². The van der Waals surface area contributed by atoms with Crippen LogP contribution in [0.1, 0.15) is 117 Å². The van der Waals surface area contributed by atoms with Crippen LogP contribution in [0.3, 0.4) is 0 Å². The zero-order valence-electron chi connectivity index (χ0n) is 31.8. The Morgan fingerprint density at radius 3 is 1.54 bits per heavy atom. The third-order valence-corrected chi connectivity index (χ3v) is 9.40. The van der Waals surface area contributed by atoms with Gasteiger partial charge in [-0.05, 0) is 60.7 Å². The van der Waals surface area contributed by atoms with E-state index in [2.05, 4.69) is 70.7 Å². The Kier molecular flexibility index (Phi) is 28.2. The van der Waals surface area contributed by atoms with Gasteiger partial charge in [-0.15, -0.1) is 0 Å². The van der Waals surface area contributed by atoms with Crippen molar-refractivity contribution in [3.63, 3.8) is 0 Å². The van der Waals surface area contributed by atoms with E-state index >= 15 is 0 Å². The highest BCUT2D eigenvalue weighted by Crippen LogP contribution is 2.48. The van der Waals surface area contributed by atoms with Gasteiger partial charge in [0.15, 0.2) is 6.10 Å². The molecule has 0 aromatic heterocycles. The van der Waals surface area contributed by atoms with Gasteiger partial charge in [-0.1, -0.05) is 89.9 Å². The summed E-state index contributed by atoms with van der Waals surface area (Å²) >= 11 is 0. The normalized spacial score (nSPS) is 21.4. The lowest BCUT2D eigenvalue weighted by molar-refractivity contribution is -0.216. The first kappa shape index (κ1) is 52.8. The second kappa shape index (κ2) is 29.9. The predicted molar refractivity (Wildman–Crippen MR) is 221 cm³/mol. The van der Waals surface area contributed by atoms with Crippen molar-refractivity contribution in [2.24, 2.45) is 0 Å². The van der Waals surface area contributed by atoms with Gasteiger partial charge in [-0.25, -0.2) is 13.9 Å². The van der Waals surface area contributed by atoms with Crippen LogP contribution in [-0.4, -0.2) is 103 Å². The molecule has 0 saturated heterocycles. The summed E-state index contributed by atoms with van der Waals surface area (Å²) in [5.41, 5.74) is 0. The summed E-state index contributed by atoms with van der Waals surface area (Å²) in [6.45, 7) is 2.18. The third kappa shape index (κ3) is 24.4. The van der Waals surface area contributed by atoms with Gasteiger partial charge >= 0.3 is 27.6 Å². The summed E-state index contributed by atoms with van der Waals surface area (Å²) in [4.78, 5) is 53.1. The number of hydrogen-bond donors (Lipinski definition) is 8. The molecule has 0 aromatic rings. The number of unbranched alkanes of at least 4 members (excludes halogenated alkanes) is 12. The molecular formula is C37H73NO16P2. The molecule has 0 amide bonds.